The Labute approximate surface area is 61.0 Å². The molecule has 0 aromatic carbocycles. The largest absolute Gasteiger partial charge is 0.411 e. The molecule has 0 atom stereocenters. The minimum atomic E-state index is -0.162. The van der Waals surface area contributed by atoms with Crippen molar-refractivity contribution >= 4 is 6.21 Å². The predicted molar refractivity (Wildman–Crippen MR) is 38.9 cm³/mol. The summed E-state index contributed by atoms with van der Waals surface area (Å²) in [7, 11) is 0. The SMILES string of the molecule is CC(C)(/C=N\O)CCC#N. The minimum Gasteiger partial charge on any atom is -0.411 e. The maximum Gasteiger partial charge on any atom is 0.0622 e. The van der Waals surface area contributed by atoms with Gasteiger partial charge in [-0.15, -0.1) is 5.16 Å². The molecule has 0 radical (unpaired) electrons. The van der Waals surface area contributed by atoms with E-state index in [1.54, 1.807) is 0 Å². The maximum absolute atomic E-state index is 8.24. The van der Waals surface area contributed by atoms with Crippen molar-refractivity contribution in [1.29, 1.82) is 5.26 Å². The van der Waals surface area contributed by atoms with Crippen molar-refractivity contribution in [3.8, 4) is 6.07 Å². The molecule has 0 rings (SSSR count). The summed E-state index contributed by atoms with van der Waals surface area (Å²) in [4.78, 5) is 0. The minimum absolute atomic E-state index is 0.162. The zero-order valence-corrected chi connectivity index (χ0v) is 6.33. The van der Waals surface area contributed by atoms with E-state index in [1.807, 2.05) is 19.9 Å². The van der Waals surface area contributed by atoms with Gasteiger partial charge in [0.15, 0.2) is 0 Å². The lowest BCUT2D eigenvalue weighted by Gasteiger charge is -2.15. The summed E-state index contributed by atoms with van der Waals surface area (Å²) in [5, 5.41) is 19.4. The van der Waals surface area contributed by atoms with Gasteiger partial charge in [0, 0.05) is 18.1 Å². The standard InChI is InChI=1S/C7H12N2O/c1-7(2,6-9-10)4-3-5-8/h6,10H,3-4H2,1-2H3/b9-6-. The van der Waals surface area contributed by atoms with E-state index in [1.165, 1.54) is 6.21 Å². The van der Waals surface area contributed by atoms with Crippen LogP contribution in [0.2, 0.25) is 0 Å². The molecule has 0 bridgehead atoms. The molecule has 0 aromatic rings. The van der Waals surface area contributed by atoms with Gasteiger partial charge in [-0.05, 0) is 6.42 Å². The highest BCUT2D eigenvalue weighted by Gasteiger charge is 2.13. The lowest BCUT2D eigenvalue weighted by Crippen LogP contribution is -2.12. The predicted octanol–water partition coefficient (Wildman–Crippen LogP) is 1.78. The summed E-state index contributed by atoms with van der Waals surface area (Å²) in [5.74, 6) is 0. The van der Waals surface area contributed by atoms with Crippen LogP contribution in [0.4, 0.5) is 0 Å². The van der Waals surface area contributed by atoms with Gasteiger partial charge in [0.2, 0.25) is 0 Å². The van der Waals surface area contributed by atoms with Gasteiger partial charge < -0.3 is 5.21 Å². The summed E-state index contributed by atoms with van der Waals surface area (Å²) < 4.78 is 0. The third-order valence-corrected chi connectivity index (χ3v) is 1.29. The van der Waals surface area contributed by atoms with Gasteiger partial charge in [-0.25, -0.2) is 0 Å². The monoisotopic (exact) mass is 140 g/mol. The third kappa shape index (κ3) is 3.90. The van der Waals surface area contributed by atoms with E-state index >= 15 is 0 Å². The first-order valence-corrected chi connectivity index (χ1v) is 3.18. The first kappa shape index (κ1) is 8.96. The Morgan fingerprint density at radius 3 is 2.70 bits per heavy atom. The van der Waals surface area contributed by atoms with Crippen LogP contribution in [-0.2, 0) is 0 Å². The average Bonchev–Trinajstić information content (AvgIpc) is 1.84. The summed E-state index contributed by atoms with van der Waals surface area (Å²) in [6, 6.07) is 2.04. The highest BCUT2D eigenvalue weighted by atomic mass is 16.4. The molecule has 0 aliphatic carbocycles. The molecular weight excluding hydrogens is 128 g/mol. The second-order valence-corrected chi connectivity index (χ2v) is 2.89. The van der Waals surface area contributed by atoms with Gasteiger partial charge in [-0.1, -0.05) is 13.8 Å². The number of oxime groups is 1. The van der Waals surface area contributed by atoms with Crippen molar-refractivity contribution < 1.29 is 5.21 Å². The quantitative estimate of drug-likeness (QED) is 0.369. The molecule has 10 heavy (non-hydrogen) atoms. The van der Waals surface area contributed by atoms with E-state index in [2.05, 4.69) is 5.16 Å². The molecule has 0 aliphatic rings. The lowest BCUT2D eigenvalue weighted by atomic mass is 9.90. The second kappa shape index (κ2) is 3.89. The van der Waals surface area contributed by atoms with Crippen LogP contribution in [0.1, 0.15) is 26.7 Å². The van der Waals surface area contributed by atoms with Crippen LogP contribution in [0.15, 0.2) is 5.16 Å². The summed E-state index contributed by atoms with van der Waals surface area (Å²) in [5.41, 5.74) is -0.162. The first-order chi connectivity index (χ1) is 4.62. The third-order valence-electron chi connectivity index (χ3n) is 1.29. The molecule has 0 spiro atoms. The molecule has 0 amide bonds. The Morgan fingerprint density at radius 1 is 1.70 bits per heavy atom. The molecule has 0 saturated carbocycles. The smallest absolute Gasteiger partial charge is 0.0622 e. The fourth-order valence-electron chi connectivity index (χ4n) is 0.599. The van der Waals surface area contributed by atoms with Gasteiger partial charge in [-0.2, -0.15) is 5.26 Å². The van der Waals surface area contributed by atoms with E-state index in [0.29, 0.717) is 6.42 Å². The van der Waals surface area contributed by atoms with Crippen molar-refractivity contribution in [2.24, 2.45) is 10.6 Å². The van der Waals surface area contributed by atoms with E-state index in [-0.39, 0.29) is 5.41 Å². The van der Waals surface area contributed by atoms with Crippen LogP contribution in [0.25, 0.3) is 0 Å². The fraction of sp³-hybridized carbons (Fsp3) is 0.714. The highest BCUT2D eigenvalue weighted by molar-refractivity contribution is 5.63. The van der Waals surface area contributed by atoms with Crippen LogP contribution in [0.3, 0.4) is 0 Å². The van der Waals surface area contributed by atoms with E-state index in [9.17, 15) is 0 Å². The second-order valence-electron chi connectivity index (χ2n) is 2.89. The number of rotatable bonds is 3. The molecule has 0 heterocycles. The number of hydrogen-bond donors (Lipinski definition) is 1. The topological polar surface area (TPSA) is 56.4 Å². The molecule has 0 unspecified atom stereocenters. The van der Waals surface area contributed by atoms with Crippen LogP contribution in [0, 0.1) is 16.7 Å². The summed E-state index contributed by atoms with van der Waals surface area (Å²) in [6.45, 7) is 3.84. The van der Waals surface area contributed by atoms with Crippen molar-refractivity contribution in [3.05, 3.63) is 0 Å². The van der Waals surface area contributed by atoms with Crippen LogP contribution >= 0.6 is 0 Å². The number of hydrogen-bond acceptors (Lipinski definition) is 3. The molecule has 3 nitrogen and oxygen atoms in total. The molecule has 3 heteroatoms. The molecule has 0 fully saturated rings. The van der Waals surface area contributed by atoms with Crippen molar-refractivity contribution in [3.63, 3.8) is 0 Å². The number of nitrogens with zero attached hydrogens (tertiary/aromatic N) is 2. The molecule has 56 valence electrons. The van der Waals surface area contributed by atoms with Crippen molar-refractivity contribution in [2.75, 3.05) is 0 Å². The van der Waals surface area contributed by atoms with E-state index in [4.69, 9.17) is 10.5 Å². The normalized spacial score (nSPS) is 11.7. The van der Waals surface area contributed by atoms with Gasteiger partial charge in [-0.3, -0.25) is 0 Å². The van der Waals surface area contributed by atoms with Crippen molar-refractivity contribution in [2.45, 2.75) is 26.7 Å². The zero-order chi connectivity index (χ0) is 8.04. The van der Waals surface area contributed by atoms with Gasteiger partial charge in [0.1, 0.15) is 0 Å². The average molecular weight is 140 g/mol. The Morgan fingerprint density at radius 2 is 2.30 bits per heavy atom. The fourth-order valence-corrected chi connectivity index (χ4v) is 0.599. The Balaban J connectivity index is 3.77. The number of nitriles is 1. The van der Waals surface area contributed by atoms with Crippen LogP contribution in [-0.4, -0.2) is 11.4 Å². The summed E-state index contributed by atoms with van der Waals surface area (Å²) in [6.07, 6.45) is 2.68. The molecule has 0 saturated heterocycles. The molecular formula is C7H12N2O. The van der Waals surface area contributed by atoms with Gasteiger partial charge in [0.25, 0.3) is 0 Å². The summed E-state index contributed by atoms with van der Waals surface area (Å²) >= 11 is 0. The van der Waals surface area contributed by atoms with Gasteiger partial charge in [0.05, 0.1) is 6.07 Å². The maximum atomic E-state index is 8.24. The van der Waals surface area contributed by atoms with Crippen LogP contribution < -0.4 is 0 Å². The first-order valence-electron chi connectivity index (χ1n) is 3.18. The molecule has 0 aliphatic heterocycles. The zero-order valence-electron chi connectivity index (χ0n) is 6.33. The Hall–Kier alpha value is -1.04. The highest BCUT2D eigenvalue weighted by Crippen LogP contribution is 2.18. The Bertz CT molecular complexity index is 155. The lowest BCUT2D eigenvalue weighted by molar-refractivity contribution is 0.312. The van der Waals surface area contributed by atoms with Crippen molar-refractivity contribution in [1.82, 2.24) is 0 Å². The van der Waals surface area contributed by atoms with E-state index in [0.717, 1.165) is 6.42 Å². The molecule has 1 N–H and O–H groups in total. The molecule has 0 aromatic heterocycles. The van der Waals surface area contributed by atoms with E-state index < -0.39 is 0 Å². The van der Waals surface area contributed by atoms with Crippen LogP contribution in [0.5, 0.6) is 0 Å². The Kier molecular flexibility index (Phi) is 3.48. The van der Waals surface area contributed by atoms with Gasteiger partial charge >= 0.3 is 0 Å².